The first-order chi connectivity index (χ1) is 13.1. The Bertz CT molecular complexity index is 952. The van der Waals surface area contributed by atoms with E-state index in [1.165, 1.54) is 24.1 Å². The predicted molar refractivity (Wildman–Crippen MR) is 101 cm³/mol. The van der Waals surface area contributed by atoms with Crippen LogP contribution in [0.3, 0.4) is 0 Å². The van der Waals surface area contributed by atoms with E-state index in [0.717, 1.165) is 11.6 Å². The Balaban J connectivity index is 1.98. The summed E-state index contributed by atoms with van der Waals surface area (Å²) in [4.78, 5) is 25.3. The lowest BCUT2D eigenvalue weighted by molar-refractivity contribution is 0.0599. The van der Waals surface area contributed by atoms with Crippen LogP contribution in [-0.4, -0.2) is 43.6 Å². The zero-order valence-electron chi connectivity index (χ0n) is 16.5. The van der Waals surface area contributed by atoms with Gasteiger partial charge in [0.25, 0.3) is 5.91 Å². The van der Waals surface area contributed by atoms with Crippen molar-refractivity contribution in [2.75, 3.05) is 21.2 Å². The second-order valence-electron chi connectivity index (χ2n) is 7.42. The van der Waals surface area contributed by atoms with E-state index in [-0.39, 0.29) is 16.9 Å². The molecule has 0 N–H and O–H groups in total. The Hall–Kier alpha value is -3.09. The summed E-state index contributed by atoms with van der Waals surface area (Å²) in [5.74, 6) is -0.528. The molecule has 2 aromatic carbocycles. The van der Waals surface area contributed by atoms with Crippen LogP contribution in [0.1, 0.15) is 40.1 Å². The molecule has 148 valence electrons. The van der Waals surface area contributed by atoms with Gasteiger partial charge in [0.05, 0.1) is 18.2 Å². The molecule has 0 spiro atoms. The molecule has 7 heteroatoms. The van der Waals surface area contributed by atoms with Crippen molar-refractivity contribution in [1.82, 2.24) is 4.90 Å². The zero-order chi connectivity index (χ0) is 20.6. The number of carbonyl (C=O) groups is 2. The Morgan fingerprint density at radius 2 is 1.89 bits per heavy atom. The summed E-state index contributed by atoms with van der Waals surface area (Å²) in [6, 6.07) is 7.19. The Morgan fingerprint density at radius 3 is 2.50 bits per heavy atom. The average Bonchev–Trinajstić information content (AvgIpc) is 2.94. The first kappa shape index (κ1) is 19.7. The van der Waals surface area contributed by atoms with E-state index in [2.05, 4.69) is 0 Å². The van der Waals surface area contributed by atoms with Crippen LogP contribution >= 0.6 is 0 Å². The van der Waals surface area contributed by atoms with Crippen LogP contribution in [0.4, 0.5) is 4.39 Å². The van der Waals surface area contributed by atoms with Crippen molar-refractivity contribution in [3.63, 3.8) is 0 Å². The second-order valence-corrected chi connectivity index (χ2v) is 7.42. The molecule has 1 aliphatic heterocycles. The molecule has 1 amide bonds. The maximum atomic E-state index is 14.4. The highest BCUT2D eigenvalue weighted by molar-refractivity contribution is 5.94. The quantitative estimate of drug-likeness (QED) is 0.747. The number of hydrogen-bond donors (Lipinski definition) is 0. The molecule has 0 bridgehead atoms. The molecule has 0 saturated heterocycles. The molecule has 3 rings (SSSR count). The summed E-state index contributed by atoms with van der Waals surface area (Å²) < 4.78 is 31.0. The summed E-state index contributed by atoms with van der Waals surface area (Å²) in [5, 5.41) is 0. The van der Waals surface area contributed by atoms with Crippen LogP contribution in [0.2, 0.25) is 0 Å². The van der Waals surface area contributed by atoms with Gasteiger partial charge in [0.2, 0.25) is 0 Å². The Kier molecular flexibility index (Phi) is 5.02. The number of benzene rings is 2. The molecule has 1 heterocycles. The molecule has 0 fully saturated rings. The largest absolute Gasteiger partial charge is 0.487 e. The van der Waals surface area contributed by atoms with Gasteiger partial charge >= 0.3 is 5.97 Å². The van der Waals surface area contributed by atoms with E-state index in [1.807, 2.05) is 13.8 Å². The van der Waals surface area contributed by atoms with Crippen molar-refractivity contribution >= 4 is 11.9 Å². The lowest BCUT2D eigenvalue weighted by Gasteiger charge is -2.16. The minimum atomic E-state index is -0.687. The van der Waals surface area contributed by atoms with E-state index in [0.29, 0.717) is 17.9 Å². The Labute approximate surface area is 162 Å². The van der Waals surface area contributed by atoms with Crippen LogP contribution in [0.5, 0.6) is 17.2 Å². The lowest BCUT2D eigenvalue weighted by atomic mass is 9.99. The topological polar surface area (TPSA) is 65.1 Å². The number of fused-ring (bicyclic) bond motifs is 1. The molecule has 0 saturated carbocycles. The van der Waals surface area contributed by atoms with Crippen molar-refractivity contribution in [3.05, 3.63) is 52.8 Å². The smallest absolute Gasteiger partial charge is 0.338 e. The summed E-state index contributed by atoms with van der Waals surface area (Å²) in [5.41, 5.74) is 0.554. The van der Waals surface area contributed by atoms with Crippen LogP contribution in [0.25, 0.3) is 0 Å². The predicted octanol–water partition coefficient (Wildman–Crippen LogP) is 3.82. The van der Waals surface area contributed by atoms with Crippen LogP contribution in [-0.2, 0) is 11.2 Å². The van der Waals surface area contributed by atoms with Gasteiger partial charge in [-0.25, -0.2) is 9.18 Å². The van der Waals surface area contributed by atoms with Crippen molar-refractivity contribution in [3.8, 4) is 17.2 Å². The van der Waals surface area contributed by atoms with Gasteiger partial charge in [0.1, 0.15) is 28.7 Å². The monoisotopic (exact) mass is 387 g/mol. The van der Waals surface area contributed by atoms with Gasteiger partial charge in [-0.1, -0.05) is 0 Å². The first-order valence-electron chi connectivity index (χ1n) is 8.74. The number of nitrogens with zero attached hydrogens (tertiary/aromatic N) is 1. The van der Waals surface area contributed by atoms with Gasteiger partial charge in [0, 0.05) is 32.1 Å². The lowest BCUT2D eigenvalue weighted by Crippen LogP contribution is -2.24. The molecular weight excluding hydrogens is 365 g/mol. The van der Waals surface area contributed by atoms with Crippen molar-refractivity contribution in [1.29, 1.82) is 0 Å². The fourth-order valence-electron chi connectivity index (χ4n) is 3.07. The number of halogens is 1. The van der Waals surface area contributed by atoms with E-state index in [4.69, 9.17) is 14.2 Å². The average molecular weight is 387 g/mol. The molecule has 0 radical (unpaired) electrons. The highest BCUT2D eigenvalue weighted by Crippen LogP contribution is 2.43. The number of methoxy groups -OCH3 is 1. The summed E-state index contributed by atoms with van der Waals surface area (Å²) in [6.45, 7) is 3.85. The normalized spacial score (nSPS) is 14.1. The van der Waals surface area contributed by atoms with Gasteiger partial charge in [-0.15, -0.1) is 0 Å². The molecule has 2 aromatic rings. The summed E-state index contributed by atoms with van der Waals surface area (Å²) in [6.07, 6.45) is 0.568. The third-order valence-electron chi connectivity index (χ3n) is 4.38. The number of amides is 1. The van der Waals surface area contributed by atoms with E-state index < -0.39 is 23.3 Å². The number of esters is 1. The second kappa shape index (κ2) is 7.14. The maximum absolute atomic E-state index is 14.4. The van der Waals surface area contributed by atoms with Gasteiger partial charge in [0.15, 0.2) is 0 Å². The fourth-order valence-corrected chi connectivity index (χ4v) is 3.07. The van der Waals surface area contributed by atoms with Gasteiger partial charge < -0.3 is 19.1 Å². The molecule has 0 atom stereocenters. The number of ether oxygens (including phenoxy) is 3. The van der Waals surface area contributed by atoms with Gasteiger partial charge in [-0.05, 0) is 38.1 Å². The SMILES string of the molecule is COC(=O)c1cc(Oc2ccc(C(=O)N(C)C)c(F)c2)c2c(c1)OC(C)(C)C2. The number of hydrogen-bond acceptors (Lipinski definition) is 5. The first-order valence-corrected chi connectivity index (χ1v) is 8.74. The Morgan fingerprint density at radius 1 is 1.18 bits per heavy atom. The van der Waals surface area contributed by atoms with Crippen molar-refractivity contribution < 1.29 is 28.2 Å². The highest BCUT2D eigenvalue weighted by Gasteiger charge is 2.34. The maximum Gasteiger partial charge on any atom is 0.338 e. The molecule has 0 aromatic heterocycles. The van der Waals surface area contributed by atoms with E-state index in [9.17, 15) is 14.0 Å². The minimum Gasteiger partial charge on any atom is -0.487 e. The fraction of sp³-hybridized carbons (Fsp3) is 0.333. The minimum absolute atomic E-state index is 0.0460. The molecule has 28 heavy (non-hydrogen) atoms. The van der Waals surface area contributed by atoms with Crippen molar-refractivity contribution in [2.45, 2.75) is 25.9 Å². The third kappa shape index (κ3) is 3.78. The zero-order valence-corrected chi connectivity index (χ0v) is 16.5. The molecular formula is C21H22FNO5. The van der Waals surface area contributed by atoms with E-state index >= 15 is 0 Å². The van der Waals surface area contributed by atoms with Crippen LogP contribution in [0, 0.1) is 5.82 Å². The molecule has 0 aliphatic carbocycles. The van der Waals surface area contributed by atoms with E-state index in [1.54, 1.807) is 26.2 Å². The summed E-state index contributed by atoms with van der Waals surface area (Å²) >= 11 is 0. The molecule has 6 nitrogen and oxygen atoms in total. The van der Waals surface area contributed by atoms with Gasteiger partial charge in [-0.2, -0.15) is 0 Å². The molecule has 0 unspecified atom stereocenters. The van der Waals surface area contributed by atoms with Crippen molar-refractivity contribution in [2.24, 2.45) is 0 Å². The number of carbonyl (C=O) groups excluding carboxylic acids is 2. The number of rotatable bonds is 4. The van der Waals surface area contributed by atoms with Crippen LogP contribution in [0.15, 0.2) is 30.3 Å². The molecule has 1 aliphatic rings. The van der Waals surface area contributed by atoms with Crippen LogP contribution < -0.4 is 9.47 Å². The summed E-state index contributed by atoms with van der Waals surface area (Å²) in [7, 11) is 4.39. The van der Waals surface area contributed by atoms with Gasteiger partial charge in [-0.3, -0.25) is 4.79 Å². The highest BCUT2D eigenvalue weighted by atomic mass is 19.1. The third-order valence-corrected chi connectivity index (χ3v) is 4.38. The standard InChI is InChI=1S/C21H22FNO5/c1-21(2)11-15-17(8-12(20(25)26-5)9-18(15)28-21)27-13-6-7-14(16(22)10-13)19(24)23(3)4/h6-10H,11H2,1-5H3.